The lowest BCUT2D eigenvalue weighted by Gasteiger charge is -2.71. The van der Waals surface area contributed by atoms with Crippen molar-refractivity contribution in [2.75, 3.05) is 33.0 Å². The van der Waals surface area contributed by atoms with E-state index in [9.17, 15) is 9.90 Å². The number of nitrogens with zero attached hydrogens (tertiary/aromatic N) is 4. The van der Waals surface area contributed by atoms with Crippen molar-refractivity contribution in [1.29, 1.82) is 0 Å². The molecule has 4 aliphatic carbocycles. The Balaban J connectivity index is 1.24. The number of rotatable bonds is 8. The van der Waals surface area contributed by atoms with Crippen LogP contribution in [0.15, 0.2) is 36.4 Å². The molecule has 0 aromatic carbocycles. The van der Waals surface area contributed by atoms with Crippen LogP contribution in [0.25, 0.3) is 11.4 Å². The Morgan fingerprint density at radius 3 is 2.54 bits per heavy atom. The first-order valence-corrected chi connectivity index (χ1v) is 20.5. The van der Waals surface area contributed by atoms with E-state index >= 15 is 4.39 Å². The number of carboxylic acid groups (broad SMARTS) is 1. The second kappa shape index (κ2) is 13.2. The fourth-order valence-corrected chi connectivity index (χ4v) is 13.5. The number of pyridine rings is 1. The summed E-state index contributed by atoms with van der Waals surface area (Å²) < 4.78 is 36.9. The van der Waals surface area contributed by atoms with Crippen LogP contribution in [-0.4, -0.2) is 75.5 Å². The normalized spacial score (nSPS) is 42.0. The smallest absolute Gasteiger partial charge is 0.307 e. The molecule has 54 heavy (non-hydrogen) atoms. The zero-order valence-corrected chi connectivity index (χ0v) is 33.4. The number of ether oxygens (including phenoxy) is 3. The van der Waals surface area contributed by atoms with Crippen molar-refractivity contribution < 1.29 is 28.5 Å². The lowest BCUT2D eigenvalue weighted by Crippen LogP contribution is -2.69. The fourth-order valence-electron chi connectivity index (χ4n) is 13.5. The lowest BCUT2D eigenvalue weighted by molar-refractivity contribution is -0.253. The topological polar surface area (TPSA) is 135 Å². The molecule has 3 N–H and O–H groups in total. The standard InChI is InChI=1S/C43H62FN5O5/c1-26(2)27(3)38(4)13-14-40(6)29-8-9-33-39(5)22-53-24-43(33,30(29)10-12-41(40,7)34(38)37(50)51)20-32(35(39)54-23-42(45)15-18-52-19-16-42)49-36(47-25-48-49)28-11-17-46-21-31(28)44/h10-11,17,21,25-27,29,32-35H,8-9,12-16,18-20,22-24,45H2,1-7H3,(H,50,51)/t27-,29+,32-,33+,34-,35?,38-,39-,40-,41+,43+/m1/s1. The van der Waals surface area contributed by atoms with Gasteiger partial charge in [0.25, 0.3) is 0 Å². The van der Waals surface area contributed by atoms with Crippen molar-refractivity contribution in [2.24, 2.45) is 62.4 Å². The molecule has 2 aromatic rings. The number of aliphatic carboxylic acids is 1. The lowest BCUT2D eigenvalue weighted by atomic mass is 9.34. The maximum atomic E-state index is 15.4. The van der Waals surface area contributed by atoms with E-state index < -0.39 is 34.1 Å². The Morgan fingerprint density at radius 1 is 1.07 bits per heavy atom. The Morgan fingerprint density at radius 2 is 1.83 bits per heavy atom. The maximum Gasteiger partial charge on any atom is 0.307 e. The minimum atomic E-state index is -0.655. The number of carboxylic acids is 1. The number of allylic oxidation sites excluding steroid dienone is 1. The minimum absolute atomic E-state index is 0.208. The number of hydrogen-bond donors (Lipinski definition) is 2. The molecular weight excluding hydrogens is 686 g/mol. The Kier molecular flexibility index (Phi) is 9.30. The van der Waals surface area contributed by atoms with E-state index in [-0.39, 0.29) is 46.1 Å². The molecule has 2 bridgehead atoms. The molecule has 0 spiro atoms. The predicted octanol–water partition coefficient (Wildman–Crippen LogP) is 7.50. The first kappa shape index (κ1) is 38.2. The molecule has 10 nitrogen and oxygen atoms in total. The van der Waals surface area contributed by atoms with Gasteiger partial charge in [-0.1, -0.05) is 60.1 Å². The molecule has 2 aliphatic heterocycles. The number of halogens is 1. The highest BCUT2D eigenvalue weighted by molar-refractivity contribution is 5.73. The summed E-state index contributed by atoms with van der Waals surface area (Å²) in [7, 11) is 0. The summed E-state index contributed by atoms with van der Waals surface area (Å²) in [5.41, 5.74) is 6.60. The second-order valence-electron chi connectivity index (χ2n) is 19.7. The molecule has 5 fully saturated rings. The van der Waals surface area contributed by atoms with Gasteiger partial charge in [-0.05, 0) is 97.3 Å². The molecule has 4 heterocycles. The van der Waals surface area contributed by atoms with Crippen molar-refractivity contribution in [3.05, 3.63) is 42.3 Å². The predicted molar refractivity (Wildman–Crippen MR) is 203 cm³/mol. The molecule has 2 aromatic heterocycles. The summed E-state index contributed by atoms with van der Waals surface area (Å²) >= 11 is 0. The maximum absolute atomic E-state index is 15.4. The van der Waals surface area contributed by atoms with Gasteiger partial charge in [-0.15, -0.1) is 0 Å². The SMILES string of the molecule is CC(C)[C@@H](C)[C@@]1(C)CC[C@]2(C)[C@H]3CC[C@@H]4[C@@]5(COC[C@@]4(C)C(OCC4(N)CCOCC4)[C@H](n4ncnc4-c4ccncc4F)C5)C3=CC[C@@]2(C)[C@@H]1C(=O)O. The molecule has 296 valence electrons. The van der Waals surface area contributed by atoms with E-state index in [4.69, 9.17) is 25.0 Å². The third kappa shape index (κ3) is 5.37. The summed E-state index contributed by atoms with van der Waals surface area (Å²) in [6.45, 7) is 18.8. The Labute approximate surface area is 320 Å². The van der Waals surface area contributed by atoms with Crippen molar-refractivity contribution in [1.82, 2.24) is 19.7 Å². The molecule has 6 aliphatic rings. The van der Waals surface area contributed by atoms with Crippen LogP contribution in [0.1, 0.15) is 106 Å². The molecule has 11 heteroatoms. The molecule has 2 saturated heterocycles. The van der Waals surface area contributed by atoms with Gasteiger partial charge in [-0.2, -0.15) is 5.10 Å². The summed E-state index contributed by atoms with van der Waals surface area (Å²) in [5.74, 6) is 0.0610. The number of carbonyl (C=O) groups is 1. The van der Waals surface area contributed by atoms with E-state index in [1.165, 1.54) is 18.1 Å². The molecular formula is C43H62FN5O5. The van der Waals surface area contributed by atoms with Gasteiger partial charge in [0.05, 0.1) is 49.6 Å². The van der Waals surface area contributed by atoms with Crippen LogP contribution >= 0.6 is 0 Å². The van der Waals surface area contributed by atoms with Gasteiger partial charge in [-0.3, -0.25) is 9.78 Å². The molecule has 0 amide bonds. The summed E-state index contributed by atoms with van der Waals surface area (Å²) in [4.78, 5) is 22.2. The summed E-state index contributed by atoms with van der Waals surface area (Å²) in [6, 6.07) is 1.38. The summed E-state index contributed by atoms with van der Waals surface area (Å²) in [5, 5.41) is 16.0. The van der Waals surface area contributed by atoms with Gasteiger partial charge in [0.15, 0.2) is 11.6 Å². The van der Waals surface area contributed by atoms with Crippen LogP contribution in [0.2, 0.25) is 0 Å². The first-order valence-electron chi connectivity index (χ1n) is 20.5. The quantitative estimate of drug-likeness (QED) is 0.263. The molecule has 11 atom stereocenters. The Hall–Kier alpha value is -2.73. The van der Waals surface area contributed by atoms with Crippen LogP contribution in [0, 0.1) is 62.5 Å². The van der Waals surface area contributed by atoms with E-state index in [1.54, 1.807) is 12.3 Å². The Bertz CT molecular complexity index is 1790. The van der Waals surface area contributed by atoms with E-state index in [0.29, 0.717) is 56.8 Å². The largest absolute Gasteiger partial charge is 0.481 e. The third-order valence-electron chi connectivity index (χ3n) is 17.0. The van der Waals surface area contributed by atoms with Crippen LogP contribution < -0.4 is 5.73 Å². The average molecular weight is 748 g/mol. The zero-order chi connectivity index (χ0) is 38.5. The number of aromatic nitrogens is 4. The van der Waals surface area contributed by atoms with Crippen LogP contribution in [-0.2, 0) is 19.0 Å². The van der Waals surface area contributed by atoms with Gasteiger partial charge in [0, 0.05) is 35.8 Å². The van der Waals surface area contributed by atoms with Gasteiger partial charge in [0.2, 0.25) is 0 Å². The van der Waals surface area contributed by atoms with E-state index in [0.717, 1.165) is 44.9 Å². The van der Waals surface area contributed by atoms with Gasteiger partial charge in [0.1, 0.15) is 6.33 Å². The van der Waals surface area contributed by atoms with Gasteiger partial charge < -0.3 is 25.1 Å². The van der Waals surface area contributed by atoms with Crippen molar-refractivity contribution >= 4 is 5.97 Å². The number of nitrogens with two attached hydrogens (primary N) is 1. The van der Waals surface area contributed by atoms with E-state index in [1.807, 2.05) is 4.68 Å². The zero-order valence-electron chi connectivity index (χ0n) is 33.4. The molecule has 8 rings (SSSR count). The fraction of sp³-hybridized carbons (Fsp3) is 0.767. The van der Waals surface area contributed by atoms with E-state index in [2.05, 4.69) is 64.5 Å². The van der Waals surface area contributed by atoms with Gasteiger partial charge >= 0.3 is 5.97 Å². The van der Waals surface area contributed by atoms with Crippen LogP contribution in [0.4, 0.5) is 4.39 Å². The monoisotopic (exact) mass is 747 g/mol. The van der Waals surface area contributed by atoms with Crippen LogP contribution in [0.5, 0.6) is 0 Å². The van der Waals surface area contributed by atoms with Crippen molar-refractivity contribution in [3.63, 3.8) is 0 Å². The third-order valence-corrected chi connectivity index (χ3v) is 17.0. The number of hydrogen-bond acceptors (Lipinski definition) is 8. The highest BCUT2D eigenvalue weighted by Gasteiger charge is 2.72. The average Bonchev–Trinajstić information content (AvgIpc) is 3.61. The van der Waals surface area contributed by atoms with Crippen molar-refractivity contribution in [2.45, 2.75) is 118 Å². The van der Waals surface area contributed by atoms with Crippen LogP contribution in [0.3, 0.4) is 0 Å². The molecule has 3 saturated carbocycles. The highest BCUT2D eigenvalue weighted by Crippen LogP contribution is 2.75. The number of fused-ring (bicyclic) bond motifs is 3. The van der Waals surface area contributed by atoms with Crippen molar-refractivity contribution in [3.8, 4) is 11.4 Å². The minimum Gasteiger partial charge on any atom is -0.481 e. The second-order valence-corrected chi connectivity index (χ2v) is 19.7. The first-order chi connectivity index (χ1) is 25.5. The molecule has 0 radical (unpaired) electrons. The summed E-state index contributed by atoms with van der Waals surface area (Å²) in [6.07, 6.45) is 13.2. The molecule has 1 unspecified atom stereocenters. The highest BCUT2D eigenvalue weighted by atomic mass is 19.1. The van der Waals surface area contributed by atoms with Gasteiger partial charge in [-0.25, -0.2) is 14.1 Å².